The van der Waals surface area contributed by atoms with E-state index in [1.54, 1.807) is 12.3 Å². The van der Waals surface area contributed by atoms with Gasteiger partial charge in [0.15, 0.2) is 5.82 Å². The van der Waals surface area contributed by atoms with E-state index in [1.807, 2.05) is 0 Å². The second-order valence-electron chi connectivity index (χ2n) is 3.15. The third-order valence-corrected chi connectivity index (χ3v) is 3.40. The Kier molecular flexibility index (Phi) is 2.22. The lowest BCUT2D eigenvalue weighted by Gasteiger charge is -1.92. The molecule has 0 aliphatic rings. The van der Waals surface area contributed by atoms with Crippen LogP contribution in [0.15, 0.2) is 22.8 Å². The predicted molar refractivity (Wildman–Crippen MR) is 62.7 cm³/mol. The first-order valence-electron chi connectivity index (χ1n) is 4.36. The number of hydrogen-bond acceptors (Lipinski definition) is 4. The summed E-state index contributed by atoms with van der Waals surface area (Å²) in [6, 6.07) is 3.05. The van der Waals surface area contributed by atoms with Gasteiger partial charge in [-0.2, -0.15) is 0 Å². The minimum absolute atomic E-state index is 0.315. The van der Waals surface area contributed by atoms with Gasteiger partial charge in [-0.3, -0.25) is 0 Å². The fourth-order valence-corrected chi connectivity index (χ4v) is 2.18. The van der Waals surface area contributed by atoms with Crippen molar-refractivity contribution in [3.63, 3.8) is 0 Å². The van der Waals surface area contributed by atoms with Crippen LogP contribution < -0.4 is 0 Å². The van der Waals surface area contributed by atoms with E-state index in [0.717, 1.165) is 4.88 Å². The number of halogens is 2. The molecule has 0 saturated heterocycles. The Balaban J connectivity index is 2.23. The van der Waals surface area contributed by atoms with Crippen LogP contribution in [0.25, 0.3) is 21.7 Å². The quantitative estimate of drug-likeness (QED) is 0.751. The molecule has 1 aromatic carbocycles. The highest BCUT2D eigenvalue weighted by molar-refractivity contribution is 9.10. The highest BCUT2D eigenvalue weighted by Gasteiger charge is 2.09. The van der Waals surface area contributed by atoms with Gasteiger partial charge < -0.3 is 4.98 Å². The van der Waals surface area contributed by atoms with Crippen LogP contribution in [-0.2, 0) is 0 Å². The summed E-state index contributed by atoms with van der Waals surface area (Å²) in [4.78, 5) is 8.19. The average Bonchev–Trinajstić information content (AvgIpc) is 2.86. The van der Waals surface area contributed by atoms with Crippen LogP contribution in [0.2, 0.25) is 0 Å². The first-order chi connectivity index (χ1) is 7.74. The maximum absolute atomic E-state index is 13.3. The van der Waals surface area contributed by atoms with Crippen molar-refractivity contribution in [2.24, 2.45) is 0 Å². The molecule has 3 aromatic rings. The number of nitrogens with one attached hydrogen (secondary N) is 1. The summed E-state index contributed by atoms with van der Waals surface area (Å²) >= 11 is 4.36. The molecule has 0 spiro atoms. The van der Waals surface area contributed by atoms with Crippen molar-refractivity contribution < 1.29 is 4.39 Å². The van der Waals surface area contributed by atoms with Crippen LogP contribution in [0.3, 0.4) is 0 Å². The number of aromatic nitrogens is 4. The highest BCUT2D eigenvalue weighted by atomic mass is 79.9. The van der Waals surface area contributed by atoms with Crippen molar-refractivity contribution in [1.82, 2.24) is 19.6 Å². The van der Waals surface area contributed by atoms with E-state index in [4.69, 9.17) is 0 Å². The molecule has 0 fully saturated rings. The number of aromatic amines is 1. The predicted octanol–water partition coefficient (Wildman–Crippen LogP) is 2.98. The van der Waals surface area contributed by atoms with Crippen LogP contribution in [-0.4, -0.2) is 19.6 Å². The zero-order valence-corrected chi connectivity index (χ0v) is 10.1. The van der Waals surface area contributed by atoms with Crippen molar-refractivity contribution in [3.05, 3.63) is 28.6 Å². The second kappa shape index (κ2) is 3.60. The molecule has 7 heteroatoms. The zero-order chi connectivity index (χ0) is 11.1. The lowest BCUT2D eigenvalue weighted by atomic mass is 10.3. The van der Waals surface area contributed by atoms with E-state index in [1.165, 1.54) is 17.6 Å². The molecule has 0 unspecified atom stereocenters. The Morgan fingerprint density at radius 2 is 2.25 bits per heavy atom. The Bertz CT molecular complexity index is 610. The van der Waals surface area contributed by atoms with Crippen molar-refractivity contribution in [2.45, 2.75) is 0 Å². The SMILES string of the molecule is Fc1cc2[nH]c(-c3cnns3)nc2cc1Br. The first-order valence-corrected chi connectivity index (χ1v) is 5.93. The fraction of sp³-hybridized carbons (Fsp3) is 0. The molecule has 3 rings (SSSR count). The second-order valence-corrected chi connectivity index (χ2v) is 4.79. The summed E-state index contributed by atoms with van der Waals surface area (Å²) in [5.74, 6) is 0.340. The molecule has 0 bridgehead atoms. The van der Waals surface area contributed by atoms with E-state index in [2.05, 4.69) is 35.5 Å². The van der Waals surface area contributed by atoms with Gasteiger partial charge in [0, 0.05) is 6.07 Å². The van der Waals surface area contributed by atoms with Gasteiger partial charge in [0.1, 0.15) is 10.7 Å². The molecule has 16 heavy (non-hydrogen) atoms. The fourth-order valence-electron chi connectivity index (χ4n) is 1.39. The standard InChI is InChI=1S/C9H4BrFN4S/c10-4-1-6-7(2-5(4)11)14-9(13-6)8-3-12-15-16-8/h1-3H,(H,13,14). The average molecular weight is 299 g/mol. The van der Waals surface area contributed by atoms with Gasteiger partial charge in [0.25, 0.3) is 0 Å². The van der Waals surface area contributed by atoms with Crippen LogP contribution in [0, 0.1) is 5.82 Å². The molecule has 0 saturated carbocycles. The number of hydrogen-bond donors (Lipinski definition) is 1. The van der Waals surface area contributed by atoms with Crippen molar-refractivity contribution in [2.75, 3.05) is 0 Å². The molecule has 0 atom stereocenters. The van der Waals surface area contributed by atoms with E-state index in [9.17, 15) is 4.39 Å². The molecule has 2 aromatic heterocycles. The summed E-state index contributed by atoms with van der Waals surface area (Å²) in [5.41, 5.74) is 1.36. The summed E-state index contributed by atoms with van der Waals surface area (Å²) in [6.45, 7) is 0. The zero-order valence-electron chi connectivity index (χ0n) is 7.74. The van der Waals surface area contributed by atoms with Gasteiger partial charge in [-0.25, -0.2) is 9.37 Å². The van der Waals surface area contributed by atoms with Gasteiger partial charge in [0.05, 0.1) is 21.7 Å². The molecule has 2 heterocycles. The van der Waals surface area contributed by atoms with Crippen LogP contribution in [0.1, 0.15) is 0 Å². The third kappa shape index (κ3) is 1.52. The molecule has 0 amide bonds. The summed E-state index contributed by atoms with van der Waals surface area (Å²) < 4.78 is 17.4. The lowest BCUT2D eigenvalue weighted by Crippen LogP contribution is -1.77. The van der Waals surface area contributed by atoms with E-state index in [-0.39, 0.29) is 5.82 Å². The minimum Gasteiger partial charge on any atom is -0.337 e. The third-order valence-electron chi connectivity index (χ3n) is 2.12. The van der Waals surface area contributed by atoms with Gasteiger partial charge in [0.2, 0.25) is 0 Å². The van der Waals surface area contributed by atoms with Gasteiger partial charge >= 0.3 is 0 Å². The van der Waals surface area contributed by atoms with Gasteiger partial charge in [-0.1, -0.05) is 4.49 Å². The van der Waals surface area contributed by atoms with Crippen LogP contribution in [0.5, 0.6) is 0 Å². The monoisotopic (exact) mass is 298 g/mol. The minimum atomic E-state index is -0.315. The van der Waals surface area contributed by atoms with E-state index < -0.39 is 0 Å². The van der Waals surface area contributed by atoms with Crippen molar-refractivity contribution in [1.29, 1.82) is 0 Å². The highest BCUT2D eigenvalue weighted by Crippen LogP contribution is 2.26. The molecule has 80 valence electrons. The normalized spacial score (nSPS) is 11.1. The molecule has 4 nitrogen and oxygen atoms in total. The van der Waals surface area contributed by atoms with Crippen LogP contribution >= 0.6 is 27.5 Å². The number of rotatable bonds is 1. The lowest BCUT2D eigenvalue weighted by molar-refractivity contribution is 0.623. The molecular formula is C9H4BrFN4S. The summed E-state index contributed by atoms with van der Waals surface area (Å²) in [7, 11) is 0. The number of benzene rings is 1. The summed E-state index contributed by atoms with van der Waals surface area (Å²) in [5, 5.41) is 3.73. The largest absolute Gasteiger partial charge is 0.337 e. The molecule has 0 radical (unpaired) electrons. The molecule has 0 aliphatic carbocycles. The van der Waals surface area contributed by atoms with E-state index in [0.29, 0.717) is 21.3 Å². The summed E-state index contributed by atoms with van der Waals surface area (Å²) in [6.07, 6.45) is 1.62. The number of H-pyrrole nitrogens is 1. The Morgan fingerprint density at radius 1 is 1.38 bits per heavy atom. The van der Waals surface area contributed by atoms with Crippen LogP contribution in [0.4, 0.5) is 4.39 Å². The Morgan fingerprint density at radius 3 is 3.00 bits per heavy atom. The Labute approximate surface area is 102 Å². The number of imidazole rings is 1. The number of fused-ring (bicyclic) bond motifs is 1. The number of nitrogens with zero attached hydrogens (tertiary/aromatic N) is 3. The molecular weight excluding hydrogens is 295 g/mol. The van der Waals surface area contributed by atoms with Crippen molar-refractivity contribution >= 4 is 38.5 Å². The molecule has 0 aliphatic heterocycles. The van der Waals surface area contributed by atoms with Gasteiger partial charge in [-0.15, -0.1) is 5.10 Å². The Hall–Kier alpha value is -1.34. The van der Waals surface area contributed by atoms with Gasteiger partial charge in [-0.05, 0) is 33.5 Å². The van der Waals surface area contributed by atoms with E-state index >= 15 is 0 Å². The smallest absolute Gasteiger partial charge is 0.151 e. The van der Waals surface area contributed by atoms with Crippen molar-refractivity contribution in [3.8, 4) is 10.7 Å². The first kappa shape index (κ1) is 9.86. The molecule has 1 N–H and O–H groups in total. The maximum atomic E-state index is 13.3. The maximum Gasteiger partial charge on any atom is 0.151 e. The topological polar surface area (TPSA) is 54.5 Å².